The van der Waals surface area contributed by atoms with Gasteiger partial charge in [-0.1, -0.05) is 35.5 Å². The summed E-state index contributed by atoms with van der Waals surface area (Å²) in [5.41, 5.74) is 11.1. The van der Waals surface area contributed by atoms with Gasteiger partial charge < -0.3 is 16.7 Å². The summed E-state index contributed by atoms with van der Waals surface area (Å²) in [6, 6.07) is 8.67. The van der Waals surface area contributed by atoms with Gasteiger partial charge >= 0.3 is 0 Å². The highest BCUT2D eigenvalue weighted by molar-refractivity contribution is 6.06. The molecule has 0 aliphatic carbocycles. The van der Waals surface area contributed by atoms with E-state index < -0.39 is 11.8 Å². The maximum Gasteiger partial charge on any atom is 0.232 e. The zero-order valence-electron chi connectivity index (χ0n) is 7.42. The predicted octanol–water partition coefficient (Wildman–Crippen LogP) is 0.00190. The second-order valence-electron chi connectivity index (χ2n) is 2.77. The number of oxime groups is 1. The molecule has 5 N–H and O–H groups in total. The van der Waals surface area contributed by atoms with Crippen molar-refractivity contribution in [3.8, 4) is 0 Å². The molecule has 1 aromatic carbocycles. The molecule has 0 aliphatic heterocycles. The number of hydrogen-bond donors (Lipinski definition) is 3. The van der Waals surface area contributed by atoms with Crippen molar-refractivity contribution in [1.29, 1.82) is 0 Å². The molecule has 0 aliphatic rings. The van der Waals surface area contributed by atoms with Gasteiger partial charge in [-0.2, -0.15) is 0 Å². The fourth-order valence-electron chi connectivity index (χ4n) is 1.18. The van der Waals surface area contributed by atoms with Crippen molar-refractivity contribution in [2.75, 3.05) is 0 Å². The number of hydrogen-bond acceptors (Lipinski definition) is 3. The lowest BCUT2D eigenvalue weighted by Gasteiger charge is -2.11. The molecule has 1 aromatic rings. The quantitative estimate of drug-likeness (QED) is 0.272. The molecule has 1 rings (SSSR count). The number of nitrogens with two attached hydrogens (primary N) is 2. The van der Waals surface area contributed by atoms with E-state index in [9.17, 15) is 4.79 Å². The second kappa shape index (κ2) is 4.27. The average Bonchev–Trinajstić information content (AvgIpc) is 2.19. The normalized spacial score (nSPS) is 13.6. The summed E-state index contributed by atoms with van der Waals surface area (Å²) in [5, 5.41) is 11.3. The van der Waals surface area contributed by atoms with Crippen molar-refractivity contribution >= 4 is 11.7 Å². The topological polar surface area (TPSA) is 102 Å². The zero-order valence-corrected chi connectivity index (χ0v) is 7.42. The van der Waals surface area contributed by atoms with Crippen LogP contribution >= 0.6 is 0 Å². The Labute approximate surface area is 81.0 Å². The molecule has 0 saturated carbocycles. The number of carbonyl (C=O) groups is 1. The van der Waals surface area contributed by atoms with E-state index in [-0.39, 0.29) is 5.84 Å². The Morgan fingerprint density at radius 2 is 1.86 bits per heavy atom. The molecule has 5 heteroatoms. The summed E-state index contributed by atoms with van der Waals surface area (Å²) in [5.74, 6) is -1.73. The Balaban J connectivity index is 3.08. The Kier molecular flexibility index (Phi) is 3.06. The van der Waals surface area contributed by atoms with Crippen molar-refractivity contribution in [3.63, 3.8) is 0 Å². The zero-order chi connectivity index (χ0) is 10.6. The number of benzene rings is 1. The van der Waals surface area contributed by atoms with E-state index in [1.54, 1.807) is 30.3 Å². The molecule has 1 amide bonds. The Morgan fingerprint density at radius 1 is 1.29 bits per heavy atom. The van der Waals surface area contributed by atoms with Crippen molar-refractivity contribution in [2.45, 2.75) is 5.92 Å². The van der Waals surface area contributed by atoms with Crippen LogP contribution in [0.2, 0.25) is 0 Å². The van der Waals surface area contributed by atoms with Gasteiger partial charge in [0.05, 0.1) is 0 Å². The first-order valence-corrected chi connectivity index (χ1v) is 3.98. The first-order chi connectivity index (χ1) is 6.66. The summed E-state index contributed by atoms with van der Waals surface area (Å²) in [6.07, 6.45) is 0. The highest BCUT2D eigenvalue weighted by Crippen LogP contribution is 2.14. The van der Waals surface area contributed by atoms with Crippen LogP contribution < -0.4 is 11.5 Å². The van der Waals surface area contributed by atoms with Crippen LogP contribution in [0.5, 0.6) is 0 Å². The second-order valence-corrected chi connectivity index (χ2v) is 2.77. The molecular formula is C9H11N3O2. The Bertz CT molecular complexity index is 348. The molecule has 0 radical (unpaired) electrons. The number of carbonyl (C=O) groups excluding carboxylic acids is 1. The standard InChI is InChI=1S/C9H11N3O2/c10-8(12-14)7(9(11)13)6-4-2-1-3-5-6/h1-5,7,14H,(H2,10,12)(H2,11,13). The third-order valence-electron chi connectivity index (χ3n) is 1.83. The first-order valence-electron chi connectivity index (χ1n) is 3.98. The van der Waals surface area contributed by atoms with Gasteiger partial charge in [0.2, 0.25) is 5.91 Å². The summed E-state index contributed by atoms with van der Waals surface area (Å²) in [4.78, 5) is 11.1. The number of amidine groups is 1. The molecule has 0 aromatic heterocycles. The lowest BCUT2D eigenvalue weighted by Crippen LogP contribution is -2.33. The van der Waals surface area contributed by atoms with E-state index in [2.05, 4.69) is 5.16 Å². The van der Waals surface area contributed by atoms with Gasteiger partial charge in [0.1, 0.15) is 5.92 Å². The molecule has 0 fully saturated rings. The molecule has 74 valence electrons. The molecule has 1 atom stereocenters. The van der Waals surface area contributed by atoms with E-state index in [0.29, 0.717) is 5.56 Å². The highest BCUT2D eigenvalue weighted by Gasteiger charge is 2.22. The maximum atomic E-state index is 11.1. The first kappa shape index (κ1) is 10.0. The monoisotopic (exact) mass is 193 g/mol. The van der Waals surface area contributed by atoms with Crippen LogP contribution in [0.15, 0.2) is 35.5 Å². The van der Waals surface area contributed by atoms with E-state index in [1.807, 2.05) is 0 Å². The lowest BCUT2D eigenvalue weighted by molar-refractivity contribution is -0.118. The largest absolute Gasteiger partial charge is 0.409 e. The van der Waals surface area contributed by atoms with E-state index in [1.165, 1.54) is 0 Å². The fourth-order valence-corrected chi connectivity index (χ4v) is 1.18. The van der Waals surface area contributed by atoms with Gasteiger partial charge in [0.15, 0.2) is 5.84 Å². The van der Waals surface area contributed by atoms with Gasteiger partial charge in [-0.15, -0.1) is 0 Å². The van der Waals surface area contributed by atoms with Crippen molar-refractivity contribution in [1.82, 2.24) is 0 Å². The van der Waals surface area contributed by atoms with Crippen molar-refractivity contribution in [2.24, 2.45) is 16.6 Å². The third kappa shape index (κ3) is 2.01. The van der Waals surface area contributed by atoms with E-state index in [4.69, 9.17) is 16.7 Å². The van der Waals surface area contributed by atoms with Gasteiger partial charge in [-0.3, -0.25) is 4.79 Å². The van der Waals surface area contributed by atoms with Crippen LogP contribution in [0, 0.1) is 0 Å². The molecule has 1 unspecified atom stereocenters. The minimum absolute atomic E-state index is 0.205. The molecular weight excluding hydrogens is 182 g/mol. The molecule has 5 nitrogen and oxygen atoms in total. The van der Waals surface area contributed by atoms with Crippen LogP contribution in [-0.4, -0.2) is 17.0 Å². The van der Waals surface area contributed by atoms with Crippen molar-refractivity contribution in [3.05, 3.63) is 35.9 Å². The van der Waals surface area contributed by atoms with Gasteiger partial charge in [-0.05, 0) is 5.56 Å². The highest BCUT2D eigenvalue weighted by atomic mass is 16.4. The number of primary amides is 1. The molecule has 0 bridgehead atoms. The maximum absolute atomic E-state index is 11.1. The Morgan fingerprint density at radius 3 is 2.29 bits per heavy atom. The minimum Gasteiger partial charge on any atom is -0.409 e. The van der Waals surface area contributed by atoms with Crippen LogP contribution in [0.3, 0.4) is 0 Å². The van der Waals surface area contributed by atoms with Crippen LogP contribution in [0.1, 0.15) is 11.5 Å². The van der Waals surface area contributed by atoms with Gasteiger partial charge in [0.25, 0.3) is 0 Å². The fraction of sp³-hybridized carbons (Fsp3) is 0.111. The van der Waals surface area contributed by atoms with Crippen LogP contribution in [0.25, 0.3) is 0 Å². The molecule has 0 saturated heterocycles. The van der Waals surface area contributed by atoms with E-state index >= 15 is 0 Å². The predicted molar refractivity (Wildman–Crippen MR) is 51.8 cm³/mol. The smallest absolute Gasteiger partial charge is 0.232 e. The van der Waals surface area contributed by atoms with Crippen LogP contribution in [-0.2, 0) is 4.79 Å². The summed E-state index contributed by atoms with van der Waals surface area (Å²) in [6.45, 7) is 0. The number of rotatable bonds is 3. The molecule has 0 spiro atoms. The van der Waals surface area contributed by atoms with Gasteiger partial charge in [-0.25, -0.2) is 0 Å². The van der Waals surface area contributed by atoms with E-state index in [0.717, 1.165) is 0 Å². The lowest BCUT2D eigenvalue weighted by atomic mass is 9.98. The summed E-state index contributed by atoms with van der Waals surface area (Å²) >= 11 is 0. The third-order valence-corrected chi connectivity index (χ3v) is 1.83. The van der Waals surface area contributed by atoms with Crippen LogP contribution in [0.4, 0.5) is 0 Å². The molecule has 0 heterocycles. The number of nitrogens with zero attached hydrogens (tertiary/aromatic N) is 1. The average molecular weight is 193 g/mol. The summed E-state index contributed by atoms with van der Waals surface area (Å²) < 4.78 is 0. The molecule has 14 heavy (non-hydrogen) atoms. The summed E-state index contributed by atoms with van der Waals surface area (Å²) in [7, 11) is 0. The minimum atomic E-state index is -0.874. The van der Waals surface area contributed by atoms with Crippen molar-refractivity contribution < 1.29 is 10.0 Å². The van der Waals surface area contributed by atoms with Gasteiger partial charge in [0, 0.05) is 0 Å². The SMILES string of the molecule is NC(=O)C(C(N)=NO)c1ccccc1. The Hall–Kier alpha value is -2.04. The number of amides is 1.